The van der Waals surface area contributed by atoms with E-state index < -0.39 is 11.7 Å². The molecule has 1 unspecified atom stereocenters. The van der Waals surface area contributed by atoms with Gasteiger partial charge in [0, 0.05) is 7.11 Å². The molecule has 0 bridgehead atoms. The van der Waals surface area contributed by atoms with Gasteiger partial charge in [0.25, 0.3) is 0 Å². The Hall–Kier alpha value is -0.290. The van der Waals surface area contributed by atoms with E-state index in [0.717, 1.165) is 0 Å². The molecule has 5 heteroatoms. The van der Waals surface area contributed by atoms with E-state index in [-0.39, 0.29) is 12.5 Å². The van der Waals surface area contributed by atoms with Gasteiger partial charge in [0.15, 0.2) is 0 Å². The highest BCUT2D eigenvalue weighted by atomic mass is 19.4. The van der Waals surface area contributed by atoms with Gasteiger partial charge in [-0.05, 0) is 25.8 Å². The molecule has 0 heterocycles. The lowest BCUT2D eigenvalue weighted by Gasteiger charge is -2.35. The molecule has 0 aromatic rings. The minimum Gasteiger partial charge on any atom is -0.382 e. The second kappa shape index (κ2) is 3.46. The summed E-state index contributed by atoms with van der Waals surface area (Å²) in [5.41, 5.74) is -1.83. The van der Waals surface area contributed by atoms with Crippen LogP contribution in [-0.2, 0) is 4.74 Å². The van der Waals surface area contributed by atoms with Crippen molar-refractivity contribution in [2.24, 2.45) is 5.92 Å². The summed E-state index contributed by atoms with van der Waals surface area (Å²) >= 11 is 0. The normalized spacial score (nSPS) is 22.8. The van der Waals surface area contributed by atoms with Crippen molar-refractivity contribution in [1.82, 2.24) is 5.32 Å². The van der Waals surface area contributed by atoms with Crippen LogP contribution >= 0.6 is 0 Å². The van der Waals surface area contributed by atoms with E-state index in [0.29, 0.717) is 12.8 Å². The minimum atomic E-state index is -4.24. The minimum absolute atomic E-state index is 0.308. The summed E-state index contributed by atoms with van der Waals surface area (Å²) in [4.78, 5) is 0. The molecule has 1 aliphatic rings. The van der Waals surface area contributed by atoms with Crippen LogP contribution in [0.2, 0.25) is 0 Å². The van der Waals surface area contributed by atoms with E-state index >= 15 is 0 Å². The highest BCUT2D eigenvalue weighted by Crippen LogP contribution is 2.48. The standard InChI is InChI=1S/C8H14F3NO/c1-12-7(5-13-2,6-3-4-6)8(9,10)11/h6,12H,3-5H2,1-2H3. The van der Waals surface area contributed by atoms with Crippen LogP contribution in [0.15, 0.2) is 0 Å². The molecule has 2 nitrogen and oxygen atoms in total. The van der Waals surface area contributed by atoms with Crippen LogP contribution in [0, 0.1) is 5.92 Å². The first-order valence-electron chi connectivity index (χ1n) is 4.22. The number of hydrogen-bond donors (Lipinski definition) is 1. The molecule has 0 aromatic heterocycles. The van der Waals surface area contributed by atoms with Crippen molar-refractivity contribution >= 4 is 0 Å². The summed E-state index contributed by atoms with van der Waals surface area (Å²) in [6.07, 6.45) is -2.98. The predicted octanol–water partition coefficient (Wildman–Crippen LogP) is 1.56. The van der Waals surface area contributed by atoms with E-state index in [1.165, 1.54) is 14.2 Å². The molecule has 1 rings (SSSR count). The molecule has 0 amide bonds. The summed E-state index contributed by atoms with van der Waals surface area (Å²) in [6.45, 7) is -0.308. The van der Waals surface area contributed by atoms with Crippen molar-refractivity contribution in [3.8, 4) is 0 Å². The van der Waals surface area contributed by atoms with Gasteiger partial charge >= 0.3 is 6.18 Å². The molecular formula is C8H14F3NO. The topological polar surface area (TPSA) is 21.3 Å². The van der Waals surface area contributed by atoms with E-state index in [4.69, 9.17) is 0 Å². The molecular weight excluding hydrogens is 183 g/mol. The highest BCUT2D eigenvalue weighted by molar-refractivity contribution is 5.05. The zero-order valence-electron chi connectivity index (χ0n) is 7.74. The Kier molecular flexibility index (Phi) is 2.87. The second-order valence-electron chi connectivity index (χ2n) is 3.43. The first-order valence-corrected chi connectivity index (χ1v) is 4.22. The Morgan fingerprint density at radius 3 is 2.15 bits per heavy atom. The van der Waals surface area contributed by atoms with Crippen molar-refractivity contribution < 1.29 is 17.9 Å². The summed E-state index contributed by atoms with van der Waals surface area (Å²) in [5, 5.41) is 2.37. The average molecular weight is 197 g/mol. The molecule has 0 aliphatic heterocycles. The fraction of sp³-hybridized carbons (Fsp3) is 1.00. The van der Waals surface area contributed by atoms with Crippen molar-refractivity contribution in [3.05, 3.63) is 0 Å². The molecule has 0 spiro atoms. The maximum absolute atomic E-state index is 12.7. The molecule has 78 valence electrons. The molecule has 1 N–H and O–H groups in total. The molecule has 1 atom stereocenters. The van der Waals surface area contributed by atoms with Crippen LogP contribution in [0.4, 0.5) is 13.2 Å². The van der Waals surface area contributed by atoms with Gasteiger partial charge in [-0.25, -0.2) is 0 Å². The van der Waals surface area contributed by atoms with Crippen molar-refractivity contribution in [1.29, 1.82) is 0 Å². The zero-order valence-corrected chi connectivity index (χ0v) is 7.74. The maximum atomic E-state index is 12.7. The number of likely N-dealkylation sites (N-methyl/N-ethyl adjacent to an activating group) is 1. The van der Waals surface area contributed by atoms with Gasteiger partial charge in [-0.15, -0.1) is 0 Å². The zero-order chi connectivity index (χ0) is 10.1. The molecule has 1 aliphatic carbocycles. The predicted molar refractivity (Wildman–Crippen MR) is 42.4 cm³/mol. The van der Waals surface area contributed by atoms with Gasteiger partial charge in [-0.2, -0.15) is 13.2 Å². The molecule has 13 heavy (non-hydrogen) atoms. The molecule has 0 aromatic carbocycles. The third-order valence-corrected chi connectivity index (χ3v) is 2.60. The van der Waals surface area contributed by atoms with Crippen molar-refractivity contribution in [3.63, 3.8) is 0 Å². The van der Waals surface area contributed by atoms with Gasteiger partial charge in [0.05, 0.1) is 6.61 Å². The molecule has 0 radical (unpaired) electrons. The summed E-state index contributed by atoms with van der Waals surface area (Å²) in [6, 6.07) is 0. The van der Waals surface area contributed by atoms with Crippen LogP contribution in [-0.4, -0.2) is 32.5 Å². The lowest BCUT2D eigenvalue weighted by atomic mass is 9.93. The van der Waals surface area contributed by atoms with Crippen LogP contribution < -0.4 is 5.32 Å². The Morgan fingerprint density at radius 2 is 1.92 bits per heavy atom. The number of alkyl halides is 3. The largest absolute Gasteiger partial charge is 0.409 e. The van der Waals surface area contributed by atoms with Gasteiger partial charge < -0.3 is 10.1 Å². The average Bonchev–Trinajstić information content (AvgIpc) is 2.80. The third-order valence-electron chi connectivity index (χ3n) is 2.60. The van der Waals surface area contributed by atoms with Crippen LogP contribution in [0.1, 0.15) is 12.8 Å². The third kappa shape index (κ3) is 1.81. The van der Waals surface area contributed by atoms with Crippen molar-refractivity contribution in [2.45, 2.75) is 24.6 Å². The molecule has 1 fully saturated rings. The van der Waals surface area contributed by atoms with Crippen molar-refractivity contribution in [2.75, 3.05) is 20.8 Å². The lowest BCUT2D eigenvalue weighted by Crippen LogP contribution is -2.60. The van der Waals surface area contributed by atoms with E-state index in [9.17, 15) is 13.2 Å². The Balaban J connectivity index is 2.81. The first kappa shape index (κ1) is 10.8. The monoisotopic (exact) mass is 197 g/mol. The number of hydrogen-bond acceptors (Lipinski definition) is 2. The Bertz CT molecular complexity index is 179. The fourth-order valence-electron chi connectivity index (χ4n) is 1.65. The van der Waals surface area contributed by atoms with Gasteiger partial charge in [-0.3, -0.25) is 0 Å². The number of ether oxygens (including phenoxy) is 1. The number of halogens is 3. The number of methoxy groups -OCH3 is 1. The van der Waals surface area contributed by atoms with E-state index in [1.54, 1.807) is 0 Å². The van der Waals surface area contributed by atoms with Crippen LogP contribution in [0.5, 0.6) is 0 Å². The molecule has 0 saturated heterocycles. The molecule has 1 saturated carbocycles. The van der Waals surface area contributed by atoms with Crippen LogP contribution in [0.25, 0.3) is 0 Å². The first-order chi connectivity index (χ1) is 5.98. The smallest absolute Gasteiger partial charge is 0.382 e. The quantitative estimate of drug-likeness (QED) is 0.738. The second-order valence-corrected chi connectivity index (χ2v) is 3.43. The van der Waals surface area contributed by atoms with Gasteiger partial charge in [0.2, 0.25) is 0 Å². The Labute approximate surface area is 75.4 Å². The van der Waals surface area contributed by atoms with E-state index in [1.807, 2.05) is 0 Å². The Morgan fingerprint density at radius 1 is 1.38 bits per heavy atom. The lowest BCUT2D eigenvalue weighted by molar-refractivity contribution is -0.214. The highest BCUT2D eigenvalue weighted by Gasteiger charge is 2.61. The van der Waals surface area contributed by atoms with Gasteiger partial charge in [-0.1, -0.05) is 0 Å². The SMILES string of the molecule is CNC(COC)(C1CC1)C(F)(F)F. The number of rotatable bonds is 4. The van der Waals surface area contributed by atoms with Crippen LogP contribution in [0.3, 0.4) is 0 Å². The van der Waals surface area contributed by atoms with E-state index in [2.05, 4.69) is 10.1 Å². The number of nitrogens with one attached hydrogen (secondary N) is 1. The summed E-state index contributed by atoms with van der Waals surface area (Å²) < 4.78 is 42.8. The maximum Gasteiger partial charge on any atom is 0.409 e. The summed E-state index contributed by atoms with van der Waals surface area (Å²) in [7, 11) is 2.63. The fourth-order valence-corrected chi connectivity index (χ4v) is 1.65. The van der Waals surface area contributed by atoms with Gasteiger partial charge in [0.1, 0.15) is 5.54 Å². The summed E-state index contributed by atoms with van der Waals surface area (Å²) in [5.74, 6) is -0.322.